The minimum atomic E-state index is 0.239. The zero-order chi connectivity index (χ0) is 9.97. The van der Waals surface area contributed by atoms with Gasteiger partial charge in [0.2, 0.25) is 0 Å². The van der Waals surface area contributed by atoms with Gasteiger partial charge in [-0.1, -0.05) is 18.2 Å². The molecule has 0 amide bonds. The normalized spacial score (nSPS) is 20.6. The first kappa shape index (κ1) is 9.69. The fourth-order valence-electron chi connectivity index (χ4n) is 2.12. The van der Waals surface area contributed by atoms with Crippen LogP contribution in [-0.4, -0.2) is 20.2 Å². The molecule has 0 bridgehead atoms. The van der Waals surface area contributed by atoms with Crippen LogP contribution in [0.25, 0.3) is 0 Å². The summed E-state index contributed by atoms with van der Waals surface area (Å²) in [5, 5.41) is 3.17. The first-order valence-electron chi connectivity index (χ1n) is 5.17. The van der Waals surface area contributed by atoms with Crippen LogP contribution in [0.1, 0.15) is 22.8 Å². The van der Waals surface area contributed by atoms with E-state index in [1.54, 1.807) is 0 Å². The molecule has 0 aromatic heterocycles. The van der Waals surface area contributed by atoms with Crippen molar-refractivity contribution >= 4 is 0 Å². The van der Waals surface area contributed by atoms with Gasteiger partial charge in [0.05, 0.1) is 12.7 Å². The number of nitrogens with one attached hydrogen (secondary N) is 1. The summed E-state index contributed by atoms with van der Waals surface area (Å²) in [6, 6.07) is 6.48. The highest BCUT2D eigenvalue weighted by Crippen LogP contribution is 2.28. The second-order valence-corrected chi connectivity index (χ2v) is 3.81. The van der Waals surface area contributed by atoms with Gasteiger partial charge < -0.3 is 10.1 Å². The molecule has 0 saturated carbocycles. The molecule has 1 aliphatic rings. The molecule has 76 valence electrons. The van der Waals surface area contributed by atoms with Gasteiger partial charge in [0.15, 0.2) is 0 Å². The van der Waals surface area contributed by atoms with Crippen molar-refractivity contribution in [1.82, 2.24) is 5.32 Å². The molecule has 0 radical (unpaired) electrons. The van der Waals surface area contributed by atoms with Gasteiger partial charge in [-0.2, -0.15) is 0 Å². The zero-order valence-corrected chi connectivity index (χ0v) is 8.84. The van der Waals surface area contributed by atoms with E-state index in [9.17, 15) is 0 Å². The molecule has 0 spiro atoms. The van der Waals surface area contributed by atoms with E-state index < -0.39 is 0 Å². The number of rotatable bonds is 2. The molecule has 1 aromatic carbocycles. The predicted octanol–water partition coefficient (Wildman–Crippen LogP) is 1.83. The Kier molecular flexibility index (Phi) is 2.85. The lowest BCUT2D eigenvalue weighted by molar-refractivity contribution is 0.0436. The van der Waals surface area contributed by atoms with E-state index in [0.29, 0.717) is 0 Å². The summed E-state index contributed by atoms with van der Waals surface area (Å²) in [6.07, 6.45) is 1.30. The number of aryl methyl sites for hydroxylation is 1. The van der Waals surface area contributed by atoms with Crippen LogP contribution in [0.4, 0.5) is 0 Å². The SMILES string of the molecule is CNCC1OCCc2c(C)cccc21. The van der Waals surface area contributed by atoms with Crippen molar-refractivity contribution in [3.63, 3.8) is 0 Å². The highest BCUT2D eigenvalue weighted by Gasteiger charge is 2.20. The minimum absolute atomic E-state index is 0.239. The maximum Gasteiger partial charge on any atom is 0.0951 e. The average molecular weight is 191 g/mol. The van der Waals surface area contributed by atoms with E-state index in [4.69, 9.17) is 4.74 Å². The highest BCUT2D eigenvalue weighted by atomic mass is 16.5. The molecule has 0 fully saturated rings. The van der Waals surface area contributed by atoms with Crippen molar-refractivity contribution in [1.29, 1.82) is 0 Å². The lowest BCUT2D eigenvalue weighted by Gasteiger charge is -2.27. The Balaban J connectivity index is 2.34. The van der Waals surface area contributed by atoms with Crippen molar-refractivity contribution in [2.45, 2.75) is 19.4 Å². The first-order valence-corrected chi connectivity index (χ1v) is 5.17. The molecule has 2 heteroatoms. The molecule has 2 rings (SSSR count). The molecule has 0 saturated heterocycles. The standard InChI is InChI=1S/C12H17NO/c1-9-4-3-5-11-10(9)6-7-14-12(11)8-13-2/h3-5,12-13H,6-8H2,1-2H3. The minimum Gasteiger partial charge on any atom is -0.372 e. The Bertz CT molecular complexity index is 322. The first-order chi connectivity index (χ1) is 6.83. The molecule has 1 unspecified atom stereocenters. The molecule has 1 heterocycles. The fourth-order valence-corrected chi connectivity index (χ4v) is 2.12. The molecule has 0 aliphatic carbocycles. The van der Waals surface area contributed by atoms with E-state index >= 15 is 0 Å². The van der Waals surface area contributed by atoms with Gasteiger partial charge >= 0.3 is 0 Å². The second kappa shape index (κ2) is 4.11. The lowest BCUT2D eigenvalue weighted by atomic mass is 9.93. The molecule has 1 aliphatic heterocycles. The number of fused-ring (bicyclic) bond motifs is 1. The van der Waals surface area contributed by atoms with Gasteiger partial charge in [0.1, 0.15) is 0 Å². The summed E-state index contributed by atoms with van der Waals surface area (Å²) in [6.45, 7) is 3.93. The van der Waals surface area contributed by atoms with Crippen LogP contribution >= 0.6 is 0 Å². The van der Waals surface area contributed by atoms with Crippen molar-refractivity contribution in [3.8, 4) is 0 Å². The van der Waals surface area contributed by atoms with Gasteiger partial charge in [-0.05, 0) is 37.1 Å². The third kappa shape index (κ3) is 1.68. The van der Waals surface area contributed by atoms with E-state index in [1.165, 1.54) is 16.7 Å². The van der Waals surface area contributed by atoms with Crippen molar-refractivity contribution in [2.75, 3.05) is 20.2 Å². The lowest BCUT2D eigenvalue weighted by Crippen LogP contribution is -2.25. The Hall–Kier alpha value is -0.860. The molecule has 1 aromatic rings. The molecule has 1 atom stereocenters. The summed E-state index contributed by atoms with van der Waals surface area (Å²) in [4.78, 5) is 0. The summed E-state index contributed by atoms with van der Waals surface area (Å²) in [7, 11) is 1.97. The summed E-state index contributed by atoms with van der Waals surface area (Å²) in [5.74, 6) is 0. The van der Waals surface area contributed by atoms with Crippen molar-refractivity contribution in [2.24, 2.45) is 0 Å². The number of likely N-dealkylation sites (N-methyl/N-ethyl adjacent to an activating group) is 1. The smallest absolute Gasteiger partial charge is 0.0951 e. The van der Waals surface area contributed by atoms with Crippen LogP contribution in [0.3, 0.4) is 0 Å². The Morgan fingerprint density at radius 3 is 3.14 bits per heavy atom. The monoisotopic (exact) mass is 191 g/mol. The van der Waals surface area contributed by atoms with Crippen LogP contribution in [0, 0.1) is 6.92 Å². The van der Waals surface area contributed by atoms with Crippen LogP contribution in [-0.2, 0) is 11.2 Å². The summed E-state index contributed by atoms with van der Waals surface area (Å²) >= 11 is 0. The summed E-state index contributed by atoms with van der Waals surface area (Å²) in [5.41, 5.74) is 4.25. The number of ether oxygens (including phenoxy) is 1. The Morgan fingerprint density at radius 2 is 2.36 bits per heavy atom. The zero-order valence-electron chi connectivity index (χ0n) is 8.84. The second-order valence-electron chi connectivity index (χ2n) is 3.81. The fraction of sp³-hybridized carbons (Fsp3) is 0.500. The van der Waals surface area contributed by atoms with Crippen LogP contribution in [0.15, 0.2) is 18.2 Å². The van der Waals surface area contributed by atoms with Gasteiger partial charge in [0.25, 0.3) is 0 Å². The molecule has 14 heavy (non-hydrogen) atoms. The van der Waals surface area contributed by atoms with Crippen LogP contribution < -0.4 is 5.32 Å². The van der Waals surface area contributed by atoms with E-state index in [2.05, 4.69) is 30.4 Å². The third-order valence-electron chi connectivity index (χ3n) is 2.85. The van der Waals surface area contributed by atoms with Gasteiger partial charge in [-0.15, -0.1) is 0 Å². The van der Waals surface area contributed by atoms with Gasteiger partial charge in [-0.3, -0.25) is 0 Å². The maximum absolute atomic E-state index is 5.74. The quantitative estimate of drug-likeness (QED) is 0.770. The molecule has 1 N–H and O–H groups in total. The number of hydrogen-bond acceptors (Lipinski definition) is 2. The van der Waals surface area contributed by atoms with E-state index in [0.717, 1.165) is 19.6 Å². The van der Waals surface area contributed by atoms with Crippen molar-refractivity contribution < 1.29 is 4.74 Å². The summed E-state index contributed by atoms with van der Waals surface area (Å²) < 4.78 is 5.74. The molecular formula is C12H17NO. The topological polar surface area (TPSA) is 21.3 Å². The van der Waals surface area contributed by atoms with E-state index in [1.807, 2.05) is 7.05 Å². The molecular weight excluding hydrogens is 174 g/mol. The van der Waals surface area contributed by atoms with Crippen LogP contribution in [0.5, 0.6) is 0 Å². The maximum atomic E-state index is 5.74. The number of benzene rings is 1. The Labute approximate surface area is 85.3 Å². The van der Waals surface area contributed by atoms with Gasteiger partial charge in [-0.25, -0.2) is 0 Å². The average Bonchev–Trinajstić information content (AvgIpc) is 2.20. The van der Waals surface area contributed by atoms with Crippen molar-refractivity contribution in [3.05, 3.63) is 34.9 Å². The Morgan fingerprint density at radius 1 is 1.50 bits per heavy atom. The largest absolute Gasteiger partial charge is 0.372 e. The van der Waals surface area contributed by atoms with E-state index in [-0.39, 0.29) is 6.10 Å². The molecule has 2 nitrogen and oxygen atoms in total. The predicted molar refractivity (Wildman–Crippen MR) is 57.5 cm³/mol. The van der Waals surface area contributed by atoms with Gasteiger partial charge in [0, 0.05) is 6.54 Å². The third-order valence-corrected chi connectivity index (χ3v) is 2.85. The van der Waals surface area contributed by atoms with Crippen LogP contribution in [0.2, 0.25) is 0 Å². The highest BCUT2D eigenvalue weighted by molar-refractivity contribution is 5.37. The number of hydrogen-bond donors (Lipinski definition) is 1.